The van der Waals surface area contributed by atoms with Crippen molar-refractivity contribution in [1.82, 2.24) is 14.8 Å². The summed E-state index contributed by atoms with van der Waals surface area (Å²) in [6, 6.07) is 12.6. The lowest BCUT2D eigenvalue weighted by atomic mass is 10.0. The van der Waals surface area contributed by atoms with Gasteiger partial charge in [-0.25, -0.2) is 4.79 Å². The second kappa shape index (κ2) is 9.60. The molecule has 1 aliphatic heterocycles. The molecule has 5 rings (SSSR count). The first-order chi connectivity index (χ1) is 17.7. The highest BCUT2D eigenvalue weighted by molar-refractivity contribution is 6.05. The number of alkyl halides is 3. The van der Waals surface area contributed by atoms with Gasteiger partial charge < -0.3 is 20.0 Å². The molecule has 37 heavy (non-hydrogen) atoms. The van der Waals surface area contributed by atoms with Gasteiger partial charge in [-0.3, -0.25) is 4.79 Å². The van der Waals surface area contributed by atoms with Crippen molar-refractivity contribution < 1.29 is 27.2 Å². The highest BCUT2D eigenvalue weighted by Gasteiger charge is 2.42. The summed E-state index contributed by atoms with van der Waals surface area (Å²) < 4.78 is 47.5. The van der Waals surface area contributed by atoms with E-state index in [1.807, 2.05) is 13.0 Å². The number of halogens is 3. The number of aromatic nitrogens is 3. The second-order valence-electron chi connectivity index (χ2n) is 8.95. The zero-order chi connectivity index (χ0) is 26.2. The number of hydrogen-bond donors (Lipinski definition) is 2. The van der Waals surface area contributed by atoms with Gasteiger partial charge in [0, 0.05) is 29.9 Å². The highest BCUT2D eigenvalue weighted by atomic mass is 19.4. The molecule has 1 saturated heterocycles. The predicted octanol–water partition coefficient (Wildman–Crippen LogP) is 5.61. The van der Waals surface area contributed by atoms with E-state index < -0.39 is 29.6 Å². The van der Waals surface area contributed by atoms with Crippen LogP contribution < -0.4 is 15.5 Å². The minimum absolute atomic E-state index is 0.207. The van der Waals surface area contributed by atoms with Crippen LogP contribution in [0.5, 0.6) is 0 Å². The SMILES string of the molecule is CC1CCCN(c2nc(C(F)(F)F)c(C(=O)Nc3ccc4c(cnn4C(=O)Nc4ccccc4)c3)o2)C1. The van der Waals surface area contributed by atoms with Gasteiger partial charge in [0.2, 0.25) is 5.76 Å². The van der Waals surface area contributed by atoms with Crippen LogP contribution in [0.3, 0.4) is 0 Å². The Kier molecular flexibility index (Phi) is 6.32. The lowest BCUT2D eigenvalue weighted by molar-refractivity contribution is -0.141. The van der Waals surface area contributed by atoms with Gasteiger partial charge >= 0.3 is 12.2 Å². The molecule has 4 aromatic rings. The monoisotopic (exact) mass is 512 g/mol. The number of nitrogens with zero attached hydrogens (tertiary/aromatic N) is 4. The largest absolute Gasteiger partial charge is 0.437 e. The molecule has 1 unspecified atom stereocenters. The van der Waals surface area contributed by atoms with Gasteiger partial charge in [-0.05, 0) is 49.1 Å². The first-order valence-corrected chi connectivity index (χ1v) is 11.7. The number of carbonyl (C=O) groups is 2. The molecule has 1 fully saturated rings. The summed E-state index contributed by atoms with van der Waals surface area (Å²) in [4.78, 5) is 30.7. The average molecular weight is 512 g/mol. The molecule has 0 bridgehead atoms. The van der Waals surface area contributed by atoms with E-state index in [-0.39, 0.29) is 17.6 Å². The van der Waals surface area contributed by atoms with Crippen LogP contribution in [0.2, 0.25) is 0 Å². The Morgan fingerprint density at radius 1 is 1.08 bits per heavy atom. The lowest BCUT2D eigenvalue weighted by Gasteiger charge is -2.29. The summed E-state index contributed by atoms with van der Waals surface area (Å²) in [7, 11) is 0. The van der Waals surface area contributed by atoms with E-state index in [9.17, 15) is 22.8 Å². The van der Waals surface area contributed by atoms with E-state index in [0.717, 1.165) is 17.5 Å². The topological polar surface area (TPSA) is 105 Å². The number of rotatable bonds is 4. The molecular formula is C25H23F3N6O3. The Labute approximate surface area is 209 Å². The number of nitrogens with one attached hydrogen (secondary N) is 2. The van der Waals surface area contributed by atoms with Gasteiger partial charge in [-0.15, -0.1) is 0 Å². The van der Waals surface area contributed by atoms with Crippen molar-refractivity contribution in [3.63, 3.8) is 0 Å². The molecule has 1 atom stereocenters. The number of amides is 2. The third-order valence-corrected chi connectivity index (χ3v) is 6.06. The molecule has 3 heterocycles. The maximum Gasteiger partial charge on any atom is 0.437 e. The fraction of sp³-hybridized carbons (Fsp3) is 0.280. The molecule has 0 spiro atoms. The lowest BCUT2D eigenvalue weighted by Crippen LogP contribution is -2.34. The normalized spacial score (nSPS) is 16.1. The molecule has 1 aliphatic rings. The Bertz CT molecular complexity index is 1450. The molecule has 0 aliphatic carbocycles. The van der Waals surface area contributed by atoms with Crippen molar-refractivity contribution in [3.05, 3.63) is 66.2 Å². The van der Waals surface area contributed by atoms with Gasteiger partial charge in [-0.2, -0.15) is 27.9 Å². The quantitative estimate of drug-likeness (QED) is 0.368. The van der Waals surface area contributed by atoms with Crippen LogP contribution in [-0.2, 0) is 6.18 Å². The fourth-order valence-electron chi connectivity index (χ4n) is 4.31. The van der Waals surface area contributed by atoms with Crippen LogP contribution in [-0.4, -0.2) is 39.8 Å². The summed E-state index contributed by atoms with van der Waals surface area (Å²) in [6.45, 7) is 3.00. The summed E-state index contributed by atoms with van der Waals surface area (Å²) in [5, 5.41) is 9.74. The molecule has 12 heteroatoms. The zero-order valence-electron chi connectivity index (χ0n) is 19.7. The van der Waals surface area contributed by atoms with Crippen LogP contribution in [0.25, 0.3) is 10.9 Å². The molecule has 2 aromatic carbocycles. The molecule has 0 radical (unpaired) electrons. The third-order valence-electron chi connectivity index (χ3n) is 6.06. The van der Waals surface area contributed by atoms with E-state index >= 15 is 0 Å². The minimum atomic E-state index is -4.87. The van der Waals surface area contributed by atoms with Crippen LogP contribution in [0, 0.1) is 5.92 Å². The second-order valence-corrected chi connectivity index (χ2v) is 8.95. The van der Waals surface area contributed by atoms with E-state index in [0.29, 0.717) is 29.7 Å². The van der Waals surface area contributed by atoms with E-state index in [1.165, 1.54) is 24.4 Å². The maximum absolute atomic E-state index is 13.7. The Morgan fingerprint density at radius 3 is 2.59 bits per heavy atom. The minimum Gasteiger partial charge on any atom is -0.417 e. The molecular weight excluding hydrogens is 489 g/mol. The van der Waals surface area contributed by atoms with E-state index in [1.54, 1.807) is 29.2 Å². The summed E-state index contributed by atoms with van der Waals surface area (Å²) in [5.41, 5.74) is -0.127. The molecule has 0 saturated carbocycles. The third kappa shape index (κ3) is 5.13. The Morgan fingerprint density at radius 2 is 1.86 bits per heavy atom. The first kappa shape index (κ1) is 24.3. The van der Waals surface area contributed by atoms with Crippen molar-refractivity contribution in [1.29, 1.82) is 0 Å². The van der Waals surface area contributed by atoms with Gasteiger partial charge in [0.15, 0.2) is 5.69 Å². The number of benzene rings is 2. The highest BCUT2D eigenvalue weighted by Crippen LogP contribution is 2.35. The van der Waals surface area contributed by atoms with Crippen LogP contribution >= 0.6 is 0 Å². The Hall–Kier alpha value is -4.35. The molecule has 2 amide bonds. The number of para-hydroxylation sites is 1. The number of hydrogen-bond acceptors (Lipinski definition) is 6. The van der Waals surface area contributed by atoms with Gasteiger partial charge in [0.05, 0.1) is 11.7 Å². The first-order valence-electron chi connectivity index (χ1n) is 11.7. The van der Waals surface area contributed by atoms with Crippen molar-refractivity contribution in [2.24, 2.45) is 5.92 Å². The standard InChI is InChI=1S/C25H23F3N6O3/c1-15-6-5-11-33(14-15)24-32-21(25(26,27)28)20(37-24)22(35)30-18-9-10-19-16(12-18)13-29-34(19)23(36)31-17-7-3-2-4-8-17/h2-4,7-10,12-13,15H,5-6,11,14H2,1H3,(H,30,35)(H,31,36). The number of fused-ring (bicyclic) bond motifs is 1. The molecule has 2 aromatic heterocycles. The maximum atomic E-state index is 13.7. The smallest absolute Gasteiger partial charge is 0.417 e. The molecule has 2 N–H and O–H groups in total. The van der Waals surface area contributed by atoms with Crippen molar-refractivity contribution in [2.45, 2.75) is 25.9 Å². The predicted molar refractivity (Wildman–Crippen MR) is 131 cm³/mol. The summed E-state index contributed by atoms with van der Waals surface area (Å²) in [5.74, 6) is -1.71. The molecule has 192 valence electrons. The summed E-state index contributed by atoms with van der Waals surface area (Å²) >= 11 is 0. The number of anilines is 3. The van der Waals surface area contributed by atoms with Crippen LogP contribution in [0.1, 0.15) is 36.0 Å². The zero-order valence-corrected chi connectivity index (χ0v) is 19.7. The van der Waals surface area contributed by atoms with Crippen molar-refractivity contribution in [2.75, 3.05) is 28.6 Å². The van der Waals surface area contributed by atoms with E-state index in [2.05, 4.69) is 20.7 Å². The fourth-order valence-corrected chi connectivity index (χ4v) is 4.31. The number of oxazole rings is 1. The number of piperidine rings is 1. The number of carbonyl (C=O) groups excluding carboxylic acids is 2. The molecule has 9 nitrogen and oxygen atoms in total. The average Bonchev–Trinajstić information content (AvgIpc) is 3.50. The van der Waals surface area contributed by atoms with Crippen LogP contribution in [0.15, 0.2) is 59.1 Å². The van der Waals surface area contributed by atoms with Crippen molar-refractivity contribution in [3.8, 4) is 0 Å². The van der Waals surface area contributed by atoms with Crippen molar-refractivity contribution >= 4 is 40.2 Å². The summed E-state index contributed by atoms with van der Waals surface area (Å²) in [6.07, 6.45) is -1.69. The Balaban J connectivity index is 1.37. The van der Waals surface area contributed by atoms with Gasteiger partial charge in [-0.1, -0.05) is 25.1 Å². The van der Waals surface area contributed by atoms with E-state index in [4.69, 9.17) is 4.42 Å². The van der Waals surface area contributed by atoms with Gasteiger partial charge in [0.1, 0.15) is 0 Å². The van der Waals surface area contributed by atoms with Crippen LogP contribution in [0.4, 0.5) is 35.4 Å². The van der Waals surface area contributed by atoms with Gasteiger partial charge in [0.25, 0.3) is 11.9 Å².